The van der Waals surface area contributed by atoms with E-state index in [9.17, 15) is 14.4 Å². The molecule has 0 saturated heterocycles. The fourth-order valence-electron chi connectivity index (χ4n) is 3.14. The van der Waals surface area contributed by atoms with Crippen molar-refractivity contribution in [3.05, 3.63) is 93.5 Å². The summed E-state index contributed by atoms with van der Waals surface area (Å²) < 4.78 is 5.88. The molecule has 0 aliphatic carbocycles. The fourth-order valence-corrected chi connectivity index (χ4v) is 3.50. The molecule has 3 aromatic rings. The maximum atomic E-state index is 12.5. The molecule has 0 unspecified atom stereocenters. The lowest BCUT2D eigenvalue weighted by molar-refractivity contribution is 0.0845. The monoisotopic (exact) mass is 523 g/mol. The summed E-state index contributed by atoms with van der Waals surface area (Å²) in [6, 6.07) is 18.8. The van der Waals surface area contributed by atoms with Crippen molar-refractivity contribution in [2.45, 2.75) is 26.2 Å². The van der Waals surface area contributed by atoms with E-state index in [0.29, 0.717) is 27.0 Å². The van der Waals surface area contributed by atoms with Crippen LogP contribution in [-0.4, -0.2) is 24.8 Å². The Kier molecular flexibility index (Phi) is 7.73. The highest BCUT2D eigenvalue weighted by atomic mass is 79.9. The van der Waals surface area contributed by atoms with Crippen molar-refractivity contribution in [3.63, 3.8) is 0 Å². The Morgan fingerprint density at radius 2 is 1.32 bits per heavy atom. The highest BCUT2D eigenvalue weighted by molar-refractivity contribution is 9.10. The summed E-state index contributed by atoms with van der Waals surface area (Å²) in [5, 5.41) is 2.81. The van der Waals surface area contributed by atoms with Gasteiger partial charge in [0, 0.05) is 21.3 Å². The van der Waals surface area contributed by atoms with Crippen LogP contribution in [0.25, 0.3) is 0 Å². The fraction of sp³-hybridized carbons (Fsp3) is 0.192. The van der Waals surface area contributed by atoms with Gasteiger partial charge in [0.1, 0.15) is 5.75 Å². The van der Waals surface area contributed by atoms with E-state index in [-0.39, 0.29) is 16.9 Å². The van der Waals surface area contributed by atoms with E-state index in [1.54, 1.807) is 54.6 Å². The third kappa shape index (κ3) is 6.23. The maximum absolute atomic E-state index is 12.5. The van der Waals surface area contributed by atoms with Gasteiger partial charge in [-0.25, -0.2) is 0 Å². The summed E-state index contributed by atoms with van der Waals surface area (Å²) in [6.45, 7) is 6.34. The minimum Gasteiger partial charge on any atom is -0.496 e. The molecule has 0 aromatic heterocycles. The number of carbonyl (C=O) groups excluding carboxylic acids is 3. The first-order chi connectivity index (χ1) is 16.1. The topological polar surface area (TPSA) is 96.5 Å². The number of anilines is 1. The first kappa shape index (κ1) is 25.0. The number of hydrogen-bond acceptors (Lipinski definition) is 4. The van der Waals surface area contributed by atoms with E-state index < -0.39 is 11.8 Å². The van der Waals surface area contributed by atoms with Crippen LogP contribution in [-0.2, 0) is 5.41 Å². The molecule has 3 N–H and O–H groups in total. The Hall–Kier alpha value is -3.65. The summed E-state index contributed by atoms with van der Waals surface area (Å²) in [5.41, 5.74) is 7.57. The number of methoxy groups -OCH3 is 1. The first-order valence-corrected chi connectivity index (χ1v) is 11.3. The Bertz CT molecular complexity index is 1200. The second-order valence-electron chi connectivity index (χ2n) is 8.61. The molecule has 0 aliphatic heterocycles. The molecule has 0 atom stereocenters. The van der Waals surface area contributed by atoms with Gasteiger partial charge in [0.2, 0.25) is 0 Å². The molecule has 0 spiro atoms. The molecule has 176 valence electrons. The number of halogens is 1. The van der Waals surface area contributed by atoms with Crippen LogP contribution in [0.15, 0.2) is 71.2 Å². The molecule has 7 nitrogen and oxygen atoms in total. The SMILES string of the molecule is COc1ccc(Br)cc1C(=O)NNC(=O)c1ccc(NC(=O)c2ccc(C(C)(C)C)cc2)cc1. The summed E-state index contributed by atoms with van der Waals surface area (Å²) in [5.74, 6) is -0.887. The zero-order valence-electron chi connectivity index (χ0n) is 19.4. The van der Waals surface area contributed by atoms with Crippen molar-refractivity contribution in [1.29, 1.82) is 0 Å². The van der Waals surface area contributed by atoms with E-state index in [1.807, 2.05) is 12.1 Å². The molecule has 8 heteroatoms. The van der Waals surface area contributed by atoms with E-state index in [0.717, 1.165) is 5.56 Å². The van der Waals surface area contributed by atoms with Gasteiger partial charge in [0.05, 0.1) is 12.7 Å². The first-order valence-electron chi connectivity index (χ1n) is 10.5. The van der Waals surface area contributed by atoms with Gasteiger partial charge in [-0.1, -0.05) is 48.8 Å². The number of rotatable bonds is 5. The Balaban J connectivity index is 1.58. The molecular weight excluding hydrogens is 498 g/mol. The molecule has 0 bridgehead atoms. The van der Waals surface area contributed by atoms with E-state index in [1.165, 1.54) is 7.11 Å². The Labute approximate surface area is 207 Å². The smallest absolute Gasteiger partial charge is 0.273 e. The van der Waals surface area contributed by atoms with Gasteiger partial charge in [0.15, 0.2) is 0 Å². The summed E-state index contributed by atoms with van der Waals surface area (Å²) in [7, 11) is 1.46. The number of hydrazine groups is 1. The number of amides is 3. The zero-order chi connectivity index (χ0) is 24.9. The van der Waals surface area contributed by atoms with Crippen LogP contribution in [0.3, 0.4) is 0 Å². The van der Waals surface area contributed by atoms with Gasteiger partial charge < -0.3 is 10.1 Å². The van der Waals surface area contributed by atoms with Crippen LogP contribution in [0.4, 0.5) is 5.69 Å². The van der Waals surface area contributed by atoms with Crippen molar-refractivity contribution in [1.82, 2.24) is 10.9 Å². The van der Waals surface area contributed by atoms with Crippen LogP contribution >= 0.6 is 15.9 Å². The minimum atomic E-state index is -0.520. The molecule has 34 heavy (non-hydrogen) atoms. The lowest BCUT2D eigenvalue weighted by Gasteiger charge is -2.19. The van der Waals surface area contributed by atoms with Crippen LogP contribution < -0.4 is 20.9 Å². The van der Waals surface area contributed by atoms with Gasteiger partial charge in [0.25, 0.3) is 17.7 Å². The quantitative estimate of drug-likeness (QED) is 0.406. The standard InChI is InChI=1S/C26H26BrN3O4/c1-26(2,3)18-9-5-16(6-10-18)23(31)28-20-12-7-17(8-13-20)24(32)29-30-25(33)21-15-19(27)11-14-22(21)34-4/h5-15H,1-4H3,(H,28,31)(H,29,32)(H,30,33). The van der Waals surface area contributed by atoms with Gasteiger partial charge in [-0.2, -0.15) is 0 Å². The molecule has 0 fully saturated rings. The predicted molar refractivity (Wildman–Crippen MR) is 135 cm³/mol. The van der Waals surface area contributed by atoms with Crippen LogP contribution in [0.1, 0.15) is 57.4 Å². The van der Waals surface area contributed by atoms with E-state index in [4.69, 9.17) is 4.74 Å². The zero-order valence-corrected chi connectivity index (χ0v) is 20.9. The molecule has 3 rings (SSSR count). The number of benzene rings is 3. The number of hydrogen-bond donors (Lipinski definition) is 3. The normalized spacial score (nSPS) is 10.9. The molecule has 0 radical (unpaired) electrons. The summed E-state index contributed by atoms with van der Waals surface area (Å²) in [4.78, 5) is 37.4. The van der Waals surface area contributed by atoms with Crippen molar-refractivity contribution in [3.8, 4) is 5.75 Å². The molecule has 0 saturated carbocycles. The van der Waals surface area contributed by atoms with E-state index in [2.05, 4.69) is 52.9 Å². The lowest BCUT2D eigenvalue weighted by Crippen LogP contribution is -2.41. The van der Waals surface area contributed by atoms with Crippen molar-refractivity contribution < 1.29 is 19.1 Å². The average molecular weight is 524 g/mol. The average Bonchev–Trinajstić information content (AvgIpc) is 2.82. The second-order valence-corrected chi connectivity index (χ2v) is 9.53. The molecule has 3 amide bonds. The highest BCUT2D eigenvalue weighted by Gasteiger charge is 2.16. The van der Waals surface area contributed by atoms with Gasteiger partial charge in [-0.3, -0.25) is 25.2 Å². The predicted octanol–water partition coefficient (Wildman–Crippen LogP) is 5.08. The Morgan fingerprint density at radius 3 is 1.91 bits per heavy atom. The maximum Gasteiger partial charge on any atom is 0.273 e. The van der Waals surface area contributed by atoms with Gasteiger partial charge in [-0.15, -0.1) is 0 Å². The van der Waals surface area contributed by atoms with Gasteiger partial charge in [-0.05, 0) is 65.6 Å². The number of carbonyl (C=O) groups is 3. The molecule has 0 aliphatic rings. The third-order valence-corrected chi connectivity index (χ3v) is 5.61. The van der Waals surface area contributed by atoms with Crippen molar-refractivity contribution in [2.75, 3.05) is 12.4 Å². The molecule has 3 aromatic carbocycles. The van der Waals surface area contributed by atoms with Crippen molar-refractivity contribution in [2.24, 2.45) is 0 Å². The van der Waals surface area contributed by atoms with Crippen LogP contribution in [0.2, 0.25) is 0 Å². The minimum absolute atomic E-state index is 0.00882. The lowest BCUT2D eigenvalue weighted by atomic mass is 9.87. The van der Waals surface area contributed by atoms with Gasteiger partial charge >= 0.3 is 0 Å². The Morgan fingerprint density at radius 1 is 0.765 bits per heavy atom. The summed E-state index contributed by atoms with van der Waals surface area (Å²) in [6.07, 6.45) is 0. The third-order valence-electron chi connectivity index (χ3n) is 5.11. The number of nitrogens with one attached hydrogen (secondary N) is 3. The van der Waals surface area contributed by atoms with E-state index >= 15 is 0 Å². The highest BCUT2D eigenvalue weighted by Crippen LogP contribution is 2.23. The molecule has 0 heterocycles. The second kappa shape index (κ2) is 10.5. The number of ether oxygens (including phenoxy) is 1. The molecular formula is C26H26BrN3O4. The summed E-state index contributed by atoms with van der Waals surface area (Å²) >= 11 is 3.31. The van der Waals surface area contributed by atoms with Crippen LogP contribution in [0, 0.1) is 0 Å². The van der Waals surface area contributed by atoms with Crippen LogP contribution in [0.5, 0.6) is 5.75 Å². The van der Waals surface area contributed by atoms with Crippen molar-refractivity contribution >= 4 is 39.3 Å². The largest absolute Gasteiger partial charge is 0.496 e.